The Balaban J connectivity index is 1.47. The third-order valence-electron chi connectivity index (χ3n) is 8.20. The van der Waals surface area contributed by atoms with Crippen LogP contribution in [0.2, 0.25) is 0 Å². The lowest BCUT2D eigenvalue weighted by Crippen LogP contribution is -2.68. The van der Waals surface area contributed by atoms with Crippen LogP contribution in [0, 0.1) is 5.82 Å². The van der Waals surface area contributed by atoms with Crippen molar-refractivity contribution in [2.24, 2.45) is 0 Å². The average molecular weight is 631 g/mol. The van der Waals surface area contributed by atoms with Gasteiger partial charge in [-0.15, -0.1) is 0 Å². The van der Waals surface area contributed by atoms with Crippen molar-refractivity contribution in [2.45, 2.75) is 48.1 Å². The summed E-state index contributed by atoms with van der Waals surface area (Å²) in [5.74, 6) is -1.68. The van der Waals surface area contributed by atoms with Gasteiger partial charge in [-0.1, -0.05) is 48.5 Å². The number of rotatable bonds is 6. The molecule has 5 rings (SSSR count). The molecule has 3 aromatic rings. The summed E-state index contributed by atoms with van der Waals surface area (Å²) in [6.07, 6.45) is -8.64. The monoisotopic (exact) mass is 630 g/mol. The largest absolute Gasteiger partial charge is 0.419 e. The quantitative estimate of drug-likeness (QED) is 0.282. The third-order valence-corrected chi connectivity index (χ3v) is 10.1. The topological polar surface area (TPSA) is 49.9 Å². The van der Waals surface area contributed by atoms with E-state index in [9.17, 15) is 39.2 Å². The summed E-state index contributed by atoms with van der Waals surface area (Å²) in [4.78, 5) is 1.29. The number of halogens is 7. The van der Waals surface area contributed by atoms with Gasteiger partial charge in [0.05, 0.1) is 22.6 Å². The molecule has 0 radical (unpaired) electrons. The summed E-state index contributed by atoms with van der Waals surface area (Å²) >= 11 is 0. The molecule has 2 aliphatic rings. The molecule has 2 fully saturated rings. The van der Waals surface area contributed by atoms with E-state index in [0.717, 1.165) is 34.1 Å². The minimum Gasteiger partial charge on any atom is -0.383 e. The number of alkyl halides is 6. The van der Waals surface area contributed by atoms with Gasteiger partial charge in [0.15, 0.2) is 0 Å². The van der Waals surface area contributed by atoms with Crippen LogP contribution >= 0.6 is 0 Å². The number of fused-ring (bicyclic) bond motifs is 1. The van der Waals surface area contributed by atoms with Gasteiger partial charge in [-0.05, 0) is 48.7 Å². The summed E-state index contributed by atoms with van der Waals surface area (Å²) in [6, 6.07) is 13.0. The van der Waals surface area contributed by atoms with Gasteiger partial charge in [0.1, 0.15) is 5.82 Å². The molecular formula is C30H29F7N2O3S. The van der Waals surface area contributed by atoms with Gasteiger partial charge in [-0.3, -0.25) is 4.90 Å². The van der Waals surface area contributed by atoms with Crippen molar-refractivity contribution in [1.82, 2.24) is 9.21 Å². The van der Waals surface area contributed by atoms with Gasteiger partial charge < -0.3 is 4.74 Å². The molecule has 0 aromatic heterocycles. The molecule has 5 nitrogen and oxygen atoms in total. The summed E-state index contributed by atoms with van der Waals surface area (Å²) < 4.78 is 130. The maximum atomic E-state index is 14.8. The smallest absolute Gasteiger partial charge is 0.383 e. The highest BCUT2D eigenvalue weighted by Gasteiger charge is 2.51. The van der Waals surface area contributed by atoms with Crippen molar-refractivity contribution < 1.29 is 43.9 Å². The number of benzene rings is 3. The molecule has 0 N–H and O–H groups in total. The molecule has 13 heteroatoms. The molecule has 232 valence electrons. The van der Waals surface area contributed by atoms with Crippen molar-refractivity contribution in [1.29, 1.82) is 0 Å². The van der Waals surface area contributed by atoms with Crippen LogP contribution in [0.3, 0.4) is 0 Å². The fourth-order valence-electron chi connectivity index (χ4n) is 6.20. The normalized spacial score (nSPS) is 22.4. The van der Waals surface area contributed by atoms with E-state index in [4.69, 9.17) is 4.74 Å². The summed E-state index contributed by atoms with van der Waals surface area (Å²) in [7, 11) is -2.99. The number of methoxy groups -OCH3 is 1. The number of hydrogen-bond donors (Lipinski definition) is 0. The van der Waals surface area contributed by atoms with E-state index in [-0.39, 0.29) is 36.2 Å². The number of nitrogens with zero attached hydrogens (tertiary/aromatic N) is 2. The highest BCUT2D eigenvalue weighted by Crippen LogP contribution is 2.44. The first kappa shape index (κ1) is 31.4. The van der Waals surface area contributed by atoms with Crippen LogP contribution in [0.4, 0.5) is 30.7 Å². The summed E-state index contributed by atoms with van der Waals surface area (Å²) in [6.45, 7) is 0.919. The van der Waals surface area contributed by atoms with Crippen LogP contribution in [0.15, 0.2) is 71.6 Å². The van der Waals surface area contributed by atoms with Gasteiger partial charge >= 0.3 is 12.4 Å². The highest BCUT2D eigenvalue weighted by molar-refractivity contribution is 7.89. The third kappa shape index (κ3) is 6.04. The van der Waals surface area contributed by atoms with Crippen molar-refractivity contribution in [3.63, 3.8) is 0 Å². The molecule has 0 bridgehead atoms. The van der Waals surface area contributed by atoms with E-state index >= 15 is 0 Å². The first-order valence-corrected chi connectivity index (χ1v) is 15.1. The molecular weight excluding hydrogens is 601 g/mol. The van der Waals surface area contributed by atoms with Gasteiger partial charge in [0.25, 0.3) is 0 Å². The predicted octanol–water partition coefficient (Wildman–Crippen LogP) is 6.80. The van der Waals surface area contributed by atoms with Crippen molar-refractivity contribution in [3.8, 4) is 11.1 Å². The zero-order valence-corrected chi connectivity index (χ0v) is 23.8. The zero-order valence-electron chi connectivity index (χ0n) is 23.0. The molecule has 0 spiro atoms. The first-order valence-electron chi connectivity index (χ1n) is 13.6. The van der Waals surface area contributed by atoms with Crippen LogP contribution in [0.1, 0.15) is 35.4 Å². The Hall–Kier alpha value is -3.00. The standard InChI is InChI=1S/C30H29F7N2O3S/c1-42-18-25-27(20-13-11-19(12-14-20)21-7-6-9-23(28(21)31)30(35,36)37)24-17-38(15-4-5-16-39(24)25)43(40,41)26-10-3-2-8-22(26)29(32,33)34/h2-3,6-14,24-25,27H,4-5,15-18H2,1H3/t24?,25-,27+/m1/s1. The molecule has 0 amide bonds. The van der Waals surface area contributed by atoms with Crippen LogP contribution < -0.4 is 0 Å². The van der Waals surface area contributed by atoms with Gasteiger partial charge in [-0.25, -0.2) is 12.8 Å². The van der Waals surface area contributed by atoms with Gasteiger partial charge in [-0.2, -0.15) is 30.6 Å². The second-order valence-electron chi connectivity index (χ2n) is 10.7. The fraction of sp³-hybridized carbons (Fsp3) is 0.400. The molecule has 2 heterocycles. The Morgan fingerprint density at radius 1 is 0.837 bits per heavy atom. The molecule has 3 atom stereocenters. The molecule has 2 saturated heterocycles. The lowest BCUT2D eigenvalue weighted by molar-refractivity contribution is -0.140. The van der Waals surface area contributed by atoms with Crippen LogP contribution in [-0.4, -0.2) is 63.1 Å². The Labute approximate surface area is 244 Å². The minimum atomic E-state index is -4.86. The molecule has 0 saturated carbocycles. The molecule has 3 aromatic carbocycles. The maximum absolute atomic E-state index is 14.8. The zero-order chi connectivity index (χ0) is 31.2. The maximum Gasteiger partial charge on any atom is 0.419 e. The predicted molar refractivity (Wildman–Crippen MR) is 145 cm³/mol. The van der Waals surface area contributed by atoms with E-state index in [2.05, 4.69) is 4.90 Å². The van der Waals surface area contributed by atoms with Crippen molar-refractivity contribution in [3.05, 3.63) is 89.2 Å². The Morgan fingerprint density at radius 2 is 1.47 bits per heavy atom. The first-order chi connectivity index (χ1) is 20.2. The van der Waals surface area contributed by atoms with E-state index in [1.54, 1.807) is 12.1 Å². The number of hydrogen-bond acceptors (Lipinski definition) is 4. The Morgan fingerprint density at radius 3 is 2.12 bits per heavy atom. The summed E-state index contributed by atoms with van der Waals surface area (Å²) in [5.41, 5.74) is -1.84. The Bertz CT molecular complexity index is 1560. The number of ether oxygens (including phenoxy) is 1. The van der Waals surface area contributed by atoms with Gasteiger partial charge in [0.2, 0.25) is 10.0 Å². The molecule has 43 heavy (non-hydrogen) atoms. The van der Waals surface area contributed by atoms with Crippen LogP contribution in [-0.2, 0) is 27.1 Å². The molecule has 1 unspecified atom stereocenters. The summed E-state index contributed by atoms with van der Waals surface area (Å²) in [5, 5.41) is 0. The lowest BCUT2D eigenvalue weighted by atomic mass is 9.74. The van der Waals surface area contributed by atoms with E-state index in [1.165, 1.54) is 31.4 Å². The SMILES string of the molecule is COC[C@@H]1[C@@H](c2ccc(-c3cccc(C(F)(F)F)c3F)cc2)C2CN(S(=O)(=O)c3ccccc3C(F)(F)F)CCCCN21. The lowest BCUT2D eigenvalue weighted by Gasteiger charge is -2.57. The second-order valence-corrected chi connectivity index (χ2v) is 12.6. The van der Waals surface area contributed by atoms with Crippen molar-refractivity contribution >= 4 is 10.0 Å². The average Bonchev–Trinajstić information content (AvgIpc) is 2.93. The van der Waals surface area contributed by atoms with Crippen molar-refractivity contribution in [2.75, 3.05) is 33.4 Å². The van der Waals surface area contributed by atoms with Crippen LogP contribution in [0.25, 0.3) is 11.1 Å². The molecule has 2 aliphatic heterocycles. The fourth-order valence-corrected chi connectivity index (χ4v) is 7.91. The minimum absolute atomic E-state index is 0.0499. The van der Waals surface area contributed by atoms with E-state index in [1.807, 2.05) is 0 Å². The molecule has 0 aliphatic carbocycles. The second kappa shape index (κ2) is 11.8. The van der Waals surface area contributed by atoms with E-state index in [0.29, 0.717) is 32.1 Å². The highest BCUT2D eigenvalue weighted by atomic mass is 32.2. The number of sulfonamides is 1. The van der Waals surface area contributed by atoms with Crippen LogP contribution in [0.5, 0.6) is 0 Å². The Kier molecular flexibility index (Phi) is 8.64. The van der Waals surface area contributed by atoms with E-state index < -0.39 is 50.3 Å². The van der Waals surface area contributed by atoms with Gasteiger partial charge in [0, 0.05) is 43.8 Å².